The molecule has 1 N–H and O–H groups in total. The average molecular weight is 293 g/mol. The Kier molecular flexibility index (Phi) is 2.75. The predicted octanol–water partition coefficient (Wildman–Crippen LogP) is 3.47. The maximum absolute atomic E-state index is 13.0. The quantitative estimate of drug-likeness (QED) is 0.615. The van der Waals surface area contributed by atoms with Crippen LogP contribution in [0.1, 0.15) is 5.82 Å². The lowest BCUT2D eigenvalue weighted by Crippen LogP contribution is -2.01. The Morgan fingerprint density at radius 2 is 1.77 bits per heavy atom. The lowest BCUT2D eigenvalue weighted by Gasteiger charge is -2.09. The van der Waals surface area contributed by atoms with E-state index < -0.39 is 0 Å². The van der Waals surface area contributed by atoms with Crippen LogP contribution in [0.3, 0.4) is 0 Å². The van der Waals surface area contributed by atoms with Gasteiger partial charge in [-0.1, -0.05) is 12.1 Å². The minimum absolute atomic E-state index is 0.277. The van der Waals surface area contributed by atoms with Gasteiger partial charge in [-0.15, -0.1) is 10.2 Å². The smallest absolute Gasteiger partial charge is 0.204 e. The molecule has 0 unspecified atom stereocenters. The predicted molar refractivity (Wildman–Crippen MR) is 82.7 cm³/mol. The number of hydrogen-bond acceptors (Lipinski definition) is 4. The summed E-state index contributed by atoms with van der Waals surface area (Å²) in [6, 6.07) is 13.9. The summed E-state index contributed by atoms with van der Waals surface area (Å²) in [5, 5.41) is 11.5. The normalized spacial score (nSPS) is 11.2. The van der Waals surface area contributed by atoms with Gasteiger partial charge in [0.1, 0.15) is 11.6 Å². The summed E-state index contributed by atoms with van der Waals surface area (Å²) >= 11 is 0. The standard InChI is InChI=1S/C16H12FN5/c1-10-20-21-16-15(18-12-8-6-11(17)7-9-12)19-13-4-2-3-5-14(13)22(10)16/h2-9H,1H3,(H,18,19). The third kappa shape index (κ3) is 1.96. The number of nitrogens with one attached hydrogen (secondary N) is 1. The molecule has 5 nitrogen and oxygen atoms in total. The van der Waals surface area contributed by atoms with Crippen molar-refractivity contribution in [3.63, 3.8) is 0 Å². The van der Waals surface area contributed by atoms with E-state index in [1.807, 2.05) is 35.6 Å². The molecule has 4 aromatic rings. The number of fused-ring (bicyclic) bond motifs is 3. The van der Waals surface area contributed by atoms with Crippen molar-refractivity contribution >= 4 is 28.2 Å². The minimum Gasteiger partial charge on any atom is -0.337 e. The molecule has 0 saturated carbocycles. The molecule has 4 rings (SSSR count). The van der Waals surface area contributed by atoms with Crippen molar-refractivity contribution in [3.05, 3.63) is 60.2 Å². The molecule has 108 valence electrons. The van der Waals surface area contributed by atoms with Crippen molar-refractivity contribution in [1.29, 1.82) is 0 Å². The van der Waals surface area contributed by atoms with Crippen LogP contribution in [-0.2, 0) is 0 Å². The van der Waals surface area contributed by atoms with Crippen molar-refractivity contribution < 1.29 is 4.39 Å². The molecule has 0 saturated heterocycles. The molecule has 2 aromatic carbocycles. The number of halogens is 1. The summed E-state index contributed by atoms with van der Waals surface area (Å²) in [5.41, 5.74) is 3.17. The highest BCUT2D eigenvalue weighted by atomic mass is 19.1. The fourth-order valence-electron chi connectivity index (χ4n) is 2.48. The number of nitrogens with zero attached hydrogens (tertiary/aromatic N) is 4. The second-order valence-electron chi connectivity index (χ2n) is 4.99. The number of benzene rings is 2. The average Bonchev–Trinajstić information content (AvgIpc) is 2.92. The zero-order valence-electron chi connectivity index (χ0n) is 11.8. The second-order valence-corrected chi connectivity index (χ2v) is 4.99. The van der Waals surface area contributed by atoms with Crippen LogP contribution in [0.4, 0.5) is 15.9 Å². The molecule has 0 aliphatic carbocycles. The van der Waals surface area contributed by atoms with Gasteiger partial charge in [0.15, 0.2) is 5.82 Å². The van der Waals surface area contributed by atoms with Crippen molar-refractivity contribution in [1.82, 2.24) is 19.6 Å². The molecular weight excluding hydrogens is 281 g/mol. The number of rotatable bonds is 2. The SMILES string of the molecule is Cc1nnc2c(Nc3ccc(F)cc3)nc3ccccc3n12. The first-order valence-corrected chi connectivity index (χ1v) is 6.85. The third-order valence-corrected chi connectivity index (χ3v) is 3.50. The van der Waals surface area contributed by atoms with Crippen molar-refractivity contribution in [2.45, 2.75) is 6.92 Å². The van der Waals surface area contributed by atoms with Crippen molar-refractivity contribution in [2.75, 3.05) is 5.32 Å². The molecule has 0 bridgehead atoms. The molecular formula is C16H12FN5. The van der Waals surface area contributed by atoms with Crippen molar-refractivity contribution in [2.24, 2.45) is 0 Å². The second kappa shape index (κ2) is 4.77. The van der Waals surface area contributed by atoms with Gasteiger partial charge in [0.2, 0.25) is 5.65 Å². The molecule has 0 amide bonds. The highest BCUT2D eigenvalue weighted by molar-refractivity contribution is 5.84. The van der Waals surface area contributed by atoms with Crippen LogP contribution in [-0.4, -0.2) is 19.6 Å². The van der Waals surface area contributed by atoms with Crippen LogP contribution in [0.5, 0.6) is 0 Å². The topological polar surface area (TPSA) is 55.1 Å². The Labute approximate surface area is 125 Å². The Balaban J connectivity index is 1.94. The van der Waals surface area contributed by atoms with E-state index >= 15 is 0 Å². The molecule has 2 aromatic heterocycles. The Morgan fingerprint density at radius 3 is 2.59 bits per heavy atom. The summed E-state index contributed by atoms with van der Waals surface area (Å²) in [7, 11) is 0. The van der Waals surface area contributed by atoms with E-state index in [1.165, 1.54) is 12.1 Å². The molecule has 0 radical (unpaired) electrons. The first kappa shape index (κ1) is 12.7. The summed E-state index contributed by atoms with van der Waals surface area (Å²) in [6.45, 7) is 1.90. The first-order chi connectivity index (χ1) is 10.7. The molecule has 6 heteroatoms. The molecule has 0 aliphatic heterocycles. The van der Waals surface area contributed by atoms with Gasteiger partial charge in [-0.2, -0.15) is 0 Å². The van der Waals surface area contributed by atoms with Gasteiger partial charge in [-0.05, 0) is 43.3 Å². The van der Waals surface area contributed by atoms with Gasteiger partial charge in [0.05, 0.1) is 11.0 Å². The molecule has 0 fully saturated rings. The Hall–Kier alpha value is -3.02. The highest BCUT2D eigenvalue weighted by Crippen LogP contribution is 2.24. The van der Waals surface area contributed by atoms with E-state index in [0.29, 0.717) is 11.5 Å². The van der Waals surface area contributed by atoms with Gasteiger partial charge in [0.25, 0.3) is 0 Å². The van der Waals surface area contributed by atoms with Crippen LogP contribution in [0, 0.1) is 12.7 Å². The molecule has 0 spiro atoms. The zero-order valence-corrected chi connectivity index (χ0v) is 11.8. The molecule has 0 atom stereocenters. The van der Waals surface area contributed by atoms with Gasteiger partial charge < -0.3 is 5.32 Å². The first-order valence-electron chi connectivity index (χ1n) is 6.85. The maximum atomic E-state index is 13.0. The van der Waals surface area contributed by atoms with Crippen LogP contribution in [0.15, 0.2) is 48.5 Å². The number of anilines is 2. The minimum atomic E-state index is -0.277. The molecule has 0 aliphatic rings. The molecule has 2 heterocycles. The van der Waals surface area contributed by atoms with Gasteiger partial charge in [-0.25, -0.2) is 9.37 Å². The van der Waals surface area contributed by atoms with E-state index in [2.05, 4.69) is 20.5 Å². The lowest BCUT2D eigenvalue weighted by atomic mass is 10.3. The summed E-state index contributed by atoms with van der Waals surface area (Å²) in [4.78, 5) is 4.61. The van der Waals surface area contributed by atoms with Crippen LogP contribution < -0.4 is 5.32 Å². The fourth-order valence-corrected chi connectivity index (χ4v) is 2.48. The zero-order chi connectivity index (χ0) is 15.1. The summed E-state index contributed by atoms with van der Waals surface area (Å²) < 4.78 is 15.0. The van der Waals surface area contributed by atoms with E-state index in [1.54, 1.807) is 12.1 Å². The van der Waals surface area contributed by atoms with E-state index in [4.69, 9.17) is 0 Å². The monoisotopic (exact) mass is 293 g/mol. The number of aromatic nitrogens is 4. The Bertz CT molecular complexity index is 975. The van der Waals surface area contributed by atoms with Gasteiger partial charge >= 0.3 is 0 Å². The third-order valence-electron chi connectivity index (χ3n) is 3.50. The van der Waals surface area contributed by atoms with E-state index in [0.717, 1.165) is 22.5 Å². The van der Waals surface area contributed by atoms with E-state index in [9.17, 15) is 4.39 Å². The van der Waals surface area contributed by atoms with Gasteiger partial charge in [0, 0.05) is 5.69 Å². The lowest BCUT2D eigenvalue weighted by molar-refractivity contribution is 0.628. The number of hydrogen-bond donors (Lipinski definition) is 1. The fraction of sp³-hybridized carbons (Fsp3) is 0.0625. The number of para-hydroxylation sites is 2. The van der Waals surface area contributed by atoms with Crippen molar-refractivity contribution in [3.8, 4) is 0 Å². The Morgan fingerprint density at radius 1 is 1.00 bits per heavy atom. The summed E-state index contributed by atoms with van der Waals surface area (Å²) in [5.74, 6) is 1.10. The van der Waals surface area contributed by atoms with E-state index in [-0.39, 0.29) is 5.82 Å². The van der Waals surface area contributed by atoms with Crippen LogP contribution in [0.25, 0.3) is 16.7 Å². The van der Waals surface area contributed by atoms with Crippen LogP contribution in [0.2, 0.25) is 0 Å². The largest absolute Gasteiger partial charge is 0.337 e. The maximum Gasteiger partial charge on any atom is 0.204 e. The van der Waals surface area contributed by atoms with Crippen LogP contribution >= 0.6 is 0 Å². The highest BCUT2D eigenvalue weighted by Gasteiger charge is 2.12. The summed E-state index contributed by atoms with van der Waals surface area (Å²) in [6.07, 6.45) is 0. The number of aryl methyl sites for hydroxylation is 1. The van der Waals surface area contributed by atoms with Gasteiger partial charge in [-0.3, -0.25) is 4.40 Å². The molecule has 22 heavy (non-hydrogen) atoms.